The number of aryl methyl sites for hydroxylation is 1. The van der Waals surface area contributed by atoms with Crippen molar-refractivity contribution < 1.29 is 4.92 Å². The number of aromatic nitrogens is 3. The van der Waals surface area contributed by atoms with Crippen LogP contribution in [-0.4, -0.2) is 26.0 Å². The van der Waals surface area contributed by atoms with E-state index in [0.29, 0.717) is 6.54 Å². The first-order chi connectivity index (χ1) is 13.2. The molecule has 27 heavy (non-hydrogen) atoms. The molecule has 2 aromatic heterocycles. The minimum atomic E-state index is -0.397. The van der Waals surface area contributed by atoms with Gasteiger partial charge in [0.15, 0.2) is 0 Å². The van der Waals surface area contributed by atoms with Gasteiger partial charge in [0.2, 0.25) is 0 Å². The number of anilines is 1. The fourth-order valence-electron chi connectivity index (χ4n) is 3.30. The van der Waals surface area contributed by atoms with Crippen molar-refractivity contribution in [3.63, 3.8) is 0 Å². The highest BCUT2D eigenvalue weighted by Gasteiger charge is 2.09. The summed E-state index contributed by atoms with van der Waals surface area (Å²) in [4.78, 5) is 19.7. The van der Waals surface area contributed by atoms with Gasteiger partial charge in [-0.25, -0.2) is 9.97 Å². The van der Waals surface area contributed by atoms with Crippen molar-refractivity contribution in [1.82, 2.24) is 14.5 Å². The molecule has 0 spiro atoms. The van der Waals surface area contributed by atoms with E-state index in [0.717, 1.165) is 46.5 Å². The van der Waals surface area contributed by atoms with E-state index in [9.17, 15) is 10.1 Å². The van der Waals surface area contributed by atoms with Crippen molar-refractivity contribution in [3.8, 4) is 0 Å². The lowest BCUT2D eigenvalue weighted by Gasteiger charge is -2.08. The number of para-hydroxylation sites is 2. The molecule has 0 unspecified atom stereocenters. The summed E-state index contributed by atoms with van der Waals surface area (Å²) in [6.45, 7) is 3.70. The number of non-ortho nitro benzene ring substituents is 1. The highest BCUT2D eigenvalue weighted by molar-refractivity contribution is 5.82. The Morgan fingerprint density at radius 3 is 2.74 bits per heavy atom. The standard InChI is InChI=1S/C20H19N5O2/c1-2-24-18-6-4-3-5-17(18)23-20(24)11-12-21-19-10-7-14-13-15(25(26)27)8-9-16(14)22-19/h3-10,13H,2,11-12H2,1H3,(H,21,22). The SMILES string of the molecule is CCn1c(CCNc2ccc3cc([N+](=O)[O-])ccc3n2)nc2ccccc21. The zero-order valence-electron chi connectivity index (χ0n) is 14.9. The smallest absolute Gasteiger partial charge is 0.270 e. The van der Waals surface area contributed by atoms with Crippen molar-refractivity contribution in [2.45, 2.75) is 19.9 Å². The van der Waals surface area contributed by atoms with Crippen LogP contribution in [0.4, 0.5) is 11.5 Å². The minimum absolute atomic E-state index is 0.0727. The van der Waals surface area contributed by atoms with E-state index >= 15 is 0 Å². The summed E-state index contributed by atoms with van der Waals surface area (Å²) in [5, 5.41) is 14.9. The summed E-state index contributed by atoms with van der Waals surface area (Å²) < 4.78 is 2.23. The molecule has 0 aliphatic heterocycles. The van der Waals surface area contributed by atoms with Crippen molar-refractivity contribution in [2.75, 3.05) is 11.9 Å². The Labute approximate surface area is 155 Å². The molecule has 0 aliphatic rings. The van der Waals surface area contributed by atoms with Gasteiger partial charge in [0, 0.05) is 37.0 Å². The maximum absolute atomic E-state index is 10.9. The number of pyridine rings is 1. The Hall–Kier alpha value is -3.48. The van der Waals surface area contributed by atoms with Crippen molar-refractivity contribution in [2.24, 2.45) is 0 Å². The van der Waals surface area contributed by atoms with Crippen molar-refractivity contribution in [1.29, 1.82) is 0 Å². The Morgan fingerprint density at radius 1 is 1.07 bits per heavy atom. The predicted octanol–water partition coefficient (Wildman–Crippen LogP) is 4.17. The first kappa shape index (κ1) is 17.0. The van der Waals surface area contributed by atoms with Crippen LogP contribution >= 0.6 is 0 Å². The molecule has 0 saturated carbocycles. The number of hydrogen-bond donors (Lipinski definition) is 1. The lowest BCUT2D eigenvalue weighted by atomic mass is 10.2. The summed E-state index contributed by atoms with van der Waals surface area (Å²) in [5.41, 5.74) is 2.97. The van der Waals surface area contributed by atoms with E-state index in [2.05, 4.69) is 27.9 Å². The number of imidazole rings is 1. The van der Waals surface area contributed by atoms with E-state index in [-0.39, 0.29) is 5.69 Å². The Morgan fingerprint density at radius 2 is 1.93 bits per heavy atom. The summed E-state index contributed by atoms with van der Waals surface area (Å²) >= 11 is 0. The molecule has 2 heterocycles. The number of nitrogens with one attached hydrogen (secondary N) is 1. The molecule has 7 nitrogen and oxygen atoms in total. The number of fused-ring (bicyclic) bond motifs is 2. The summed E-state index contributed by atoms with van der Waals surface area (Å²) in [7, 11) is 0. The van der Waals surface area contributed by atoms with Gasteiger partial charge in [-0.15, -0.1) is 0 Å². The first-order valence-electron chi connectivity index (χ1n) is 8.89. The molecule has 0 saturated heterocycles. The second kappa shape index (κ2) is 7.03. The normalized spacial score (nSPS) is 11.1. The van der Waals surface area contributed by atoms with Crippen LogP contribution in [0.15, 0.2) is 54.6 Å². The lowest BCUT2D eigenvalue weighted by molar-refractivity contribution is -0.384. The van der Waals surface area contributed by atoms with E-state index < -0.39 is 4.92 Å². The minimum Gasteiger partial charge on any atom is -0.370 e. The zero-order valence-corrected chi connectivity index (χ0v) is 14.9. The van der Waals surface area contributed by atoms with Crippen molar-refractivity contribution >= 4 is 33.4 Å². The average molecular weight is 361 g/mol. The van der Waals surface area contributed by atoms with E-state index in [1.807, 2.05) is 30.3 Å². The van der Waals surface area contributed by atoms with Crippen LogP contribution in [-0.2, 0) is 13.0 Å². The number of rotatable bonds is 6. The Kier molecular flexibility index (Phi) is 4.42. The second-order valence-corrected chi connectivity index (χ2v) is 6.27. The topological polar surface area (TPSA) is 85.9 Å². The van der Waals surface area contributed by atoms with E-state index in [1.54, 1.807) is 6.07 Å². The van der Waals surface area contributed by atoms with Crippen LogP contribution in [0.1, 0.15) is 12.7 Å². The third-order valence-electron chi connectivity index (χ3n) is 4.59. The molecule has 2 aromatic carbocycles. The van der Waals surface area contributed by atoms with Gasteiger partial charge in [0.25, 0.3) is 5.69 Å². The molecule has 0 atom stereocenters. The molecule has 7 heteroatoms. The van der Waals surface area contributed by atoms with Gasteiger partial charge in [0.05, 0.1) is 21.5 Å². The fourth-order valence-corrected chi connectivity index (χ4v) is 3.30. The lowest BCUT2D eigenvalue weighted by Crippen LogP contribution is -2.10. The van der Waals surface area contributed by atoms with Gasteiger partial charge < -0.3 is 9.88 Å². The molecule has 4 aromatic rings. The van der Waals surface area contributed by atoms with Crippen LogP contribution < -0.4 is 5.32 Å². The van der Waals surface area contributed by atoms with E-state index in [1.165, 1.54) is 12.1 Å². The second-order valence-electron chi connectivity index (χ2n) is 6.27. The number of benzene rings is 2. The Balaban J connectivity index is 1.49. The fraction of sp³-hybridized carbons (Fsp3) is 0.200. The largest absolute Gasteiger partial charge is 0.370 e. The average Bonchev–Trinajstić information content (AvgIpc) is 3.04. The maximum Gasteiger partial charge on any atom is 0.270 e. The number of nitro benzene ring substituents is 1. The van der Waals surface area contributed by atoms with Gasteiger partial charge >= 0.3 is 0 Å². The number of nitro groups is 1. The maximum atomic E-state index is 10.9. The summed E-state index contributed by atoms with van der Waals surface area (Å²) in [6.07, 6.45) is 0.780. The van der Waals surface area contributed by atoms with Gasteiger partial charge in [-0.1, -0.05) is 12.1 Å². The highest BCUT2D eigenvalue weighted by Crippen LogP contribution is 2.21. The molecule has 0 fully saturated rings. The van der Waals surface area contributed by atoms with Gasteiger partial charge in [-0.2, -0.15) is 0 Å². The molecule has 0 amide bonds. The first-order valence-corrected chi connectivity index (χ1v) is 8.89. The molecule has 0 bridgehead atoms. The molecule has 136 valence electrons. The molecule has 0 aliphatic carbocycles. The monoisotopic (exact) mass is 361 g/mol. The molecular formula is C20H19N5O2. The van der Waals surface area contributed by atoms with Crippen LogP contribution in [0.5, 0.6) is 0 Å². The van der Waals surface area contributed by atoms with Crippen LogP contribution in [0.2, 0.25) is 0 Å². The summed E-state index contributed by atoms with van der Waals surface area (Å²) in [5.74, 6) is 1.79. The van der Waals surface area contributed by atoms with Crippen LogP contribution in [0, 0.1) is 10.1 Å². The van der Waals surface area contributed by atoms with Gasteiger partial charge in [0.1, 0.15) is 11.6 Å². The molecule has 4 rings (SSSR count). The zero-order chi connectivity index (χ0) is 18.8. The van der Waals surface area contributed by atoms with Gasteiger partial charge in [-0.05, 0) is 37.3 Å². The quantitative estimate of drug-likeness (QED) is 0.411. The third-order valence-corrected chi connectivity index (χ3v) is 4.59. The summed E-state index contributed by atoms with van der Waals surface area (Å²) in [6, 6.07) is 16.5. The van der Waals surface area contributed by atoms with Crippen LogP contribution in [0.3, 0.4) is 0 Å². The number of nitrogens with zero attached hydrogens (tertiary/aromatic N) is 4. The third kappa shape index (κ3) is 3.31. The molecule has 0 radical (unpaired) electrons. The predicted molar refractivity (Wildman–Crippen MR) is 106 cm³/mol. The Bertz CT molecular complexity index is 1140. The van der Waals surface area contributed by atoms with Crippen LogP contribution in [0.25, 0.3) is 21.9 Å². The molecule has 1 N–H and O–H groups in total. The van der Waals surface area contributed by atoms with E-state index in [4.69, 9.17) is 4.98 Å². The van der Waals surface area contributed by atoms with Gasteiger partial charge in [-0.3, -0.25) is 10.1 Å². The van der Waals surface area contributed by atoms with Crippen molar-refractivity contribution in [3.05, 3.63) is 70.5 Å². The molecular weight excluding hydrogens is 342 g/mol. The highest BCUT2D eigenvalue weighted by atomic mass is 16.6. The number of hydrogen-bond acceptors (Lipinski definition) is 5.